The molecule has 0 aromatic carbocycles. The summed E-state index contributed by atoms with van der Waals surface area (Å²) in [6, 6.07) is -3.66. The molecule has 11 heteroatoms. The first kappa shape index (κ1) is 38.6. The molecule has 0 bridgehead atoms. The number of amides is 5. The van der Waals surface area contributed by atoms with Crippen LogP contribution < -0.4 is 21.3 Å². The van der Waals surface area contributed by atoms with E-state index in [0.29, 0.717) is 13.0 Å². The van der Waals surface area contributed by atoms with Gasteiger partial charge in [0.15, 0.2) is 0 Å². The molecule has 1 saturated heterocycles. The summed E-state index contributed by atoms with van der Waals surface area (Å²) in [7, 11) is 0. The third-order valence-corrected chi connectivity index (χ3v) is 11.6. The Morgan fingerprint density at radius 3 is 2.04 bits per heavy atom. The van der Waals surface area contributed by atoms with E-state index in [2.05, 4.69) is 41.7 Å². The molecule has 4 rings (SSSR count). The van der Waals surface area contributed by atoms with Gasteiger partial charge in [-0.2, -0.15) is 0 Å². The second-order valence-corrected chi connectivity index (χ2v) is 18.2. The quantitative estimate of drug-likeness (QED) is 0.172. The highest BCUT2D eigenvalue weighted by atomic mass is 16.2. The Kier molecular flexibility index (Phi) is 11.2. The lowest BCUT2D eigenvalue weighted by molar-refractivity contribution is -0.147. The zero-order chi connectivity index (χ0) is 36.7. The van der Waals surface area contributed by atoms with Crippen molar-refractivity contribution in [3.05, 3.63) is 12.7 Å². The van der Waals surface area contributed by atoms with Crippen molar-refractivity contribution in [2.24, 2.45) is 39.4 Å². The van der Waals surface area contributed by atoms with Crippen molar-refractivity contribution >= 4 is 35.3 Å². The molecular weight excluding hydrogens is 622 g/mol. The lowest BCUT2D eigenvalue weighted by Gasteiger charge is -2.43. The summed E-state index contributed by atoms with van der Waals surface area (Å²) in [4.78, 5) is 83.7. The molecule has 4 fully saturated rings. The number of piperidine rings is 1. The molecule has 4 N–H and O–H groups in total. The average molecular weight is 684 g/mol. The molecule has 0 spiro atoms. The molecule has 3 aliphatic carbocycles. The average Bonchev–Trinajstić information content (AvgIpc) is 3.86. The van der Waals surface area contributed by atoms with E-state index in [-0.39, 0.29) is 41.5 Å². The highest BCUT2D eigenvalue weighted by Crippen LogP contribution is 2.65. The SMILES string of the molecule is C=CCNC(=O)C(=O)C(CC1CC1)NC(=O)[C@@H]1[C@@H]2[C@H](CN1C(=O)[C@@H](NC(=O)[C@@H](NC(=O)C(C)(C)C)C1(C)CCCCC1)C(C)(C)C)C2(C)C. The molecule has 1 heterocycles. The molecule has 1 unspecified atom stereocenters. The lowest BCUT2D eigenvalue weighted by atomic mass is 9.69. The van der Waals surface area contributed by atoms with E-state index in [4.69, 9.17) is 0 Å². The normalized spacial score (nSPS) is 25.9. The van der Waals surface area contributed by atoms with Crippen LogP contribution in [0.25, 0.3) is 0 Å². The topological polar surface area (TPSA) is 154 Å². The number of rotatable bonds is 13. The van der Waals surface area contributed by atoms with Crippen LogP contribution in [0.15, 0.2) is 12.7 Å². The van der Waals surface area contributed by atoms with Gasteiger partial charge in [-0.3, -0.25) is 28.8 Å². The van der Waals surface area contributed by atoms with Gasteiger partial charge in [0.1, 0.15) is 18.1 Å². The molecule has 49 heavy (non-hydrogen) atoms. The molecule has 0 aromatic rings. The maximum atomic E-state index is 14.6. The van der Waals surface area contributed by atoms with Crippen LogP contribution in [-0.2, 0) is 28.8 Å². The number of ketones is 1. The van der Waals surface area contributed by atoms with E-state index in [1.807, 2.05) is 48.5 Å². The maximum Gasteiger partial charge on any atom is 0.289 e. The molecule has 0 radical (unpaired) electrons. The predicted molar refractivity (Wildman–Crippen MR) is 188 cm³/mol. The van der Waals surface area contributed by atoms with Crippen LogP contribution in [0, 0.1) is 39.4 Å². The van der Waals surface area contributed by atoms with Gasteiger partial charge in [-0.1, -0.05) is 100 Å². The van der Waals surface area contributed by atoms with Crippen molar-refractivity contribution in [3.63, 3.8) is 0 Å². The van der Waals surface area contributed by atoms with Crippen LogP contribution >= 0.6 is 0 Å². The van der Waals surface area contributed by atoms with Gasteiger partial charge < -0.3 is 26.2 Å². The van der Waals surface area contributed by atoms with E-state index in [9.17, 15) is 28.8 Å². The molecule has 274 valence electrons. The number of nitrogens with zero attached hydrogens (tertiary/aromatic N) is 1. The highest BCUT2D eigenvalue weighted by molar-refractivity contribution is 6.38. The molecule has 3 saturated carbocycles. The van der Waals surface area contributed by atoms with E-state index < -0.39 is 63.9 Å². The molecular formula is C38H61N5O6. The van der Waals surface area contributed by atoms with Crippen LogP contribution in [0.1, 0.15) is 114 Å². The number of likely N-dealkylation sites (tertiary alicyclic amines) is 1. The minimum atomic E-state index is -0.996. The predicted octanol–water partition coefficient (Wildman–Crippen LogP) is 3.66. The number of hydrogen-bond donors (Lipinski definition) is 4. The van der Waals surface area contributed by atoms with Crippen LogP contribution in [0.3, 0.4) is 0 Å². The Morgan fingerprint density at radius 1 is 0.898 bits per heavy atom. The molecule has 0 aromatic heterocycles. The number of carbonyl (C=O) groups excluding carboxylic acids is 6. The fourth-order valence-electron chi connectivity index (χ4n) is 7.99. The van der Waals surface area contributed by atoms with Gasteiger partial charge in [-0.15, -0.1) is 6.58 Å². The smallest absolute Gasteiger partial charge is 0.289 e. The monoisotopic (exact) mass is 683 g/mol. The van der Waals surface area contributed by atoms with Crippen molar-refractivity contribution in [2.75, 3.05) is 13.1 Å². The molecule has 6 atom stereocenters. The summed E-state index contributed by atoms with van der Waals surface area (Å²) >= 11 is 0. The summed E-state index contributed by atoms with van der Waals surface area (Å²) < 4.78 is 0. The Labute approximate surface area is 292 Å². The zero-order valence-corrected chi connectivity index (χ0v) is 31.3. The minimum absolute atomic E-state index is 0.0805. The van der Waals surface area contributed by atoms with Crippen molar-refractivity contribution in [1.82, 2.24) is 26.2 Å². The summed E-state index contributed by atoms with van der Waals surface area (Å²) in [5.41, 5.74) is -2.10. The number of fused-ring (bicyclic) bond motifs is 1. The van der Waals surface area contributed by atoms with Crippen molar-refractivity contribution in [3.8, 4) is 0 Å². The molecule has 1 aliphatic heterocycles. The van der Waals surface area contributed by atoms with E-state index in [1.54, 1.807) is 4.90 Å². The fraction of sp³-hybridized carbons (Fsp3) is 0.789. The third-order valence-electron chi connectivity index (χ3n) is 11.6. The molecule has 5 amide bonds. The van der Waals surface area contributed by atoms with Gasteiger partial charge in [0.25, 0.3) is 5.91 Å². The number of carbonyl (C=O) groups is 6. The zero-order valence-electron chi connectivity index (χ0n) is 31.3. The van der Waals surface area contributed by atoms with Gasteiger partial charge in [-0.25, -0.2) is 0 Å². The van der Waals surface area contributed by atoms with E-state index in [1.165, 1.54) is 6.08 Å². The van der Waals surface area contributed by atoms with Crippen LogP contribution in [-0.4, -0.2) is 77.5 Å². The first-order valence-corrected chi connectivity index (χ1v) is 18.3. The summed E-state index contributed by atoms with van der Waals surface area (Å²) in [6.07, 6.45) is 8.26. The van der Waals surface area contributed by atoms with Gasteiger partial charge >= 0.3 is 0 Å². The van der Waals surface area contributed by atoms with Crippen molar-refractivity contribution < 1.29 is 28.8 Å². The Bertz CT molecular complexity index is 1330. The molecule has 11 nitrogen and oxygen atoms in total. The number of Topliss-reactive ketones (excluding diaryl/α,β-unsaturated/α-hetero) is 1. The highest BCUT2D eigenvalue weighted by Gasteiger charge is 2.70. The largest absolute Gasteiger partial charge is 0.346 e. The second kappa shape index (κ2) is 14.2. The van der Waals surface area contributed by atoms with Crippen molar-refractivity contribution in [1.29, 1.82) is 0 Å². The Morgan fingerprint density at radius 2 is 1.51 bits per heavy atom. The third kappa shape index (κ3) is 8.56. The van der Waals surface area contributed by atoms with Gasteiger partial charge in [0.2, 0.25) is 29.4 Å². The lowest BCUT2D eigenvalue weighted by Crippen LogP contribution is -2.64. The molecule has 4 aliphatic rings. The minimum Gasteiger partial charge on any atom is -0.346 e. The second-order valence-electron chi connectivity index (χ2n) is 18.2. The Hall–Kier alpha value is -3.24. The van der Waals surface area contributed by atoms with Crippen molar-refractivity contribution in [2.45, 2.75) is 138 Å². The van der Waals surface area contributed by atoms with Gasteiger partial charge in [-0.05, 0) is 53.3 Å². The van der Waals surface area contributed by atoms with Gasteiger partial charge in [0.05, 0.1) is 6.04 Å². The van der Waals surface area contributed by atoms with Crippen LogP contribution in [0.5, 0.6) is 0 Å². The summed E-state index contributed by atoms with van der Waals surface area (Å²) in [5, 5.41) is 11.5. The van der Waals surface area contributed by atoms with E-state index >= 15 is 0 Å². The number of hydrogen-bond acceptors (Lipinski definition) is 6. The maximum absolute atomic E-state index is 14.6. The first-order valence-electron chi connectivity index (χ1n) is 18.3. The standard InChI is InChI=1S/C38H61N5O6/c1-11-19-39-31(46)27(44)24(20-22-15-16-22)40-30(45)26-25-23(37(25,8)9)21-43(26)33(48)29(35(2,3)4)41-32(47)28(42-34(49)36(5,6)7)38(10)17-13-12-14-18-38/h11,22-26,28-29H,1,12-21H2,2-10H3,(H,39,46)(H,40,45)(H,41,47)(H,42,49)/t23-,24?,25-,26-,28+,29+/m0/s1. The summed E-state index contributed by atoms with van der Waals surface area (Å²) in [6.45, 7) is 21.3. The number of nitrogens with one attached hydrogen (secondary N) is 4. The van der Waals surface area contributed by atoms with Gasteiger partial charge in [0, 0.05) is 18.5 Å². The van der Waals surface area contributed by atoms with Crippen LogP contribution in [0.2, 0.25) is 0 Å². The Balaban J connectivity index is 1.59. The summed E-state index contributed by atoms with van der Waals surface area (Å²) in [5.74, 6) is -2.72. The van der Waals surface area contributed by atoms with E-state index in [0.717, 1.165) is 44.9 Å². The fourth-order valence-corrected chi connectivity index (χ4v) is 7.99. The van der Waals surface area contributed by atoms with Crippen LogP contribution in [0.4, 0.5) is 0 Å². The first-order chi connectivity index (χ1) is 22.6.